The van der Waals surface area contributed by atoms with Crippen molar-refractivity contribution >= 4 is 23.3 Å². The maximum Gasteiger partial charge on any atom is 0.328 e. The maximum absolute atomic E-state index is 12.7. The normalized spacial score (nSPS) is 20.7. The third-order valence-electron chi connectivity index (χ3n) is 4.67. The number of amides is 1. The predicted octanol–water partition coefficient (Wildman–Crippen LogP) is 0.497. The van der Waals surface area contributed by atoms with Crippen LogP contribution in [0.2, 0.25) is 0 Å². The Morgan fingerprint density at radius 3 is 2.62 bits per heavy atom. The number of likely N-dealkylation sites (N-methyl/N-ethyl adjacent to an activating group) is 1. The van der Waals surface area contributed by atoms with E-state index in [9.17, 15) is 14.7 Å². The van der Waals surface area contributed by atoms with Crippen LogP contribution in [-0.2, 0) is 14.3 Å². The van der Waals surface area contributed by atoms with E-state index in [-0.39, 0.29) is 18.0 Å². The highest BCUT2D eigenvalue weighted by molar-refractivity contribution is 6.40. The first-order valence-electron chi connectivity index (χ1n) is 8.76. The van der Waals surface area contributed by atoms with Crippen molar-refractivity contribution in [1.29, 1.82) is 0 Å². The van der Waals surface area contributed by atoms with Crippen molar-refractivity contribution < 1.29 is 19.4 Å². The Morgan fingerprint density at radius 2 is 1.96 bits per heavy atom. The molecule has 1 aromatic rings. The standard InChI is InChI=1S/C18H24N4O4/c1-20(7-8-21-9-11-26-12-10-21)17(23)15-13-16(18(24)25)22(19-15)14-5-3-2-4-6-14/h2-6,16H,7-13H2,1H3,(H,24,25). The Hall–Kier alpha value is -2.45. The van der Waals surface area contributed by atoms with Gasteiger partial charge in [0, 0.05) is 39.6 Å². The van der Waals surface area contributed by atoms with E-state index in [1.54, 1.807) is 24.1 Å². The average Bonchev–Trinajstić information content (AvgIpc) is 3.13. The number of morpholine rings is 1. The lowest BCUT2D eigenvalue weighted by molar-refractivity contribution is -0.138. The summed E-state index contributed by atoms with van der Waals surface area (Å²) in [5.41, 5.74) is 0.949. The molecule has 2 heterocycles. The van der Waals surface area contributed by atoms with Gasteiger partial charge in [-0.25, -0.2) is 4.79 Å². The average molecular weight is 360 g/mol. The molecule has 8 heteroatoms. The summed E-state index contributed by atoms with van der Waals surface area (Å²) in [4.78, 5) is 28.2. The molecule has 0 radical (unpaired) electrons. The van der Waals surface area contributed by atoms with Gasteiger partial charge in [0.15, 0.2) is 6.04 Å². The first-order valence-corrected chi connectivity index (χ1v) is 8.76. The molecule has 0 aliphatic carbocycles. The zero-order valence-electron chi connectivity index (χ0n) is 14.9. The van der Waals surface area contributed by atoms with Crippen molar-refractivity contribution in [2.75, 3.05) is 51.4 Å². The molecule has 1 N–H and O–H groups in total. The molecule has 1 amide bonds. The second kappa shape index (κ2) is 8.29. The molecule has 8 nitrogen and oxygen atoms in total. The van der Waals surface area contributed by atoms with Crippen molar-refractivity contribution in [3.8, 4) is 0 Å². The fraction of sp³-hybridized carbons (Fsp3) is 0.500. The van der Waals surface area contributed by atoms with Gasteiger partial charge < -0.3 is 14.7 Å². The van der Waals surface area contributed by atoms with Crippen molar-refractivity contribution in [2.24, 2.45) is 5.10 Å². The number of aliphatic carboxylic acids is 1. The fourth-order valence-corrected chi connectivity index (χ4v) is 3.09. The Balaban J connectivity index is 1.65. The van der Waals surface area contributed by atoms with Gasteiger partial charge in [0.1, 0.15) is 5.71 Å². The summed E-state index contributed by atoms with van der Waals surface area (Å²) in [7, 11) is 1.73. The molecule has 1 fully saturated rings. The second-order valence-corrected chi connectivity index (χ2v) is 6.47. The summed E-state index contributed by atoms with van der Waals surface area (Å²) in [6.45, 7) is 4.51. The molecule has 2 aliphatic rings. The van der Waals surface area contributed by atoms with Crippen LogP contribution in [0.1, 0.15) is 6.42 Å². The van der Waals surface area contributed by atoms with Gasteiger partial charge in [-0.05, 0) is 12.1 Å². The summed E-state index contributed by atoms with van der Waals surface area (Å²) in [6, 6.07) is 8.20. The highest BCUT2D eigenvalue weighted by Crippen LogP contribution is 2.25. The number of carbonyl (C=O) groups excluding carboxylic acids is 1. The van der Waals surface area contributed by atoms with Gasteiger partial charge in [0.05, 0.1) is 18.9 Å². The number of hydrazone groups is 1. The lowest BCUT2D eigenvalue weighted by atomic mass is 10.1. The molecule has 1 aromatic carbocycles. The molecule has 0 saturated carbocycles. The van der Waals surface area contributed by atoms with Gasteiger partial charge in [-0.15, -0.1) is 0 Å². The third-order valence-corrected chi connectivity index (χ3v) is 4.67. The van der Waals surface area contributed by atoms with Gasteiger partial charge in [-0.3, -0.25) is 14.7 Å². The molecule has 1 atom stereocenters. The van der Waals surface area contributed by atoms with Gasteiger partial charge in [-0.1, -0.05) is 18.2 Å². The molecule has 0 aromatic heterocycles. The lowest BCUT2D eigenvalue weighted by Gasteiger charge is -2.28. The van der Waals surface area contributed by atoms with Crippen LogP contribution in [0.15, 0.2) is 35.4 Å². The minimum Gasteiger partial charge on any atom is -0.480 e. The number of anilines is 1. The molecule has 140 valence electrons. The molecule has 0 spiro atoms. The van der Waals surface area contributed by atoms with Gasteiger partial charge >= 0.3 is 5.97 Å². The van der Waals surface area contributed by atoms with Crippen molar-refractivity contribution in [2.45, 2.75) is 12.5 Å². The first kappa shape index (κ1) is 18.3. The summed E-state index contributed by atoms with van der Waals surface area (Å²) in [5.74, 6) is -1.21. The Morgan fingerprint density at radius 1 is 1.27 bits per heavy atom. The largest absolute Gasteiger partial charge is 0.480 e. The number of para-hydroxylation sites is 1. The summed E-state index contributed by atoms with van der Waals surface area (Å²) in [6.07, 6.45) is 0.102. The summed E-state index contributed by atoms with van der Waals surface area (Å²) in [5, 5.41) is 15.2. The number of rotatable bonds is 6. The van der Waals surface area contributed by atoms with Crippen LogP contribution in [-0.4, -0.2) is 85.0 Å². The van der Waals surface area contributed by atoms with E-state index in [1.165, 1.54) is 5.01 Å². The van der Waals surface area contributed by atoms with E-state index in [4.69, 9.17) is 4.74 Å². The molecule has 1 unspecified atom stereocenters. The van der Waals surface area contributed by atoms with Gasteiger partial charge in [0.2, 0.25) is 0 Å². The predicted molar refractivity (Wildman–Crippen MR) is 97.3 cm³/mol. The molecular formula is C18H24N4O4. The van der Waals surface area contributed by atoms with E-state index in [0.717, 1.165) is 32.8 Å². The van der Waals surface area contributed by atoms with Crippen LogP contribution in [0, 0.1) is 0 Å². The lowest BCUT2D eigenvalue weighted by Crippen LogP contribution is -2.43. The summed E-state index contributed by atoms with van der Waals surface area (Å²) >= 11 is 0. The van der Waals surface area contributed by atoms with Crippen LogP contribution in [0.25, 0.3) is 0 Å². The monoisotopic (exact) mass is 360 g/mol. The van der Waals surface area contributed by atoms with Crippen LogP contribution in [0.3, 0.4) is 0 Å². The Bertz CT molecular complexity index is 673. The van der Waals surface area contributed by atoms with Crippen LogP contribution < -0.4 is 5.01 Å². The second-order valence-electron chi connectivity index (χ2n) is 6.47. The number of carboxylic acid groups (broad SMARTS) is 1. The van der Waals surface area contributed by atoms with E-state index in [2.05, 4.69) is 10.0 Å². The molecule has 0 bridgehead atoms. The maximum atomic E-state index is 12.7. The SMILES string of the molecule is CN(CCN1CCOCC1)C(=O)C1=NN(c2ccccc2)C(C(=O)O)C1. The quantitative estimate of drug-likeness (QED) is 0.795. The van der Waals surface area contributed by atoms with Crippen LogP contribution >= 0.6 is 0 Å². The number of ether oxygens (including phenoxy) is 1. The highest BCUT2D eigenvalue weighted by atomic mass is 16.5. The number of nitrogens with zero attached hydrogens (tertiary/aromatic N) is 4. The number of carbonyl (C=O) groups is 2. The van der Waals surface area contributed by atoms with E-state index < -0.39 is 12.0 Å². The molecule has 2 aliphatic heterocycles. The fourth-order valence-electron chi connectivity index (χ4n) is 3.09. The van der Waals surface area contributed by atoms with E-state index in [0.29, 0.717) is 12.2 Å². The minimum absolute atomic E-state index is 0.102. The zero-order valence-corrected chi connectivity index (χ0v) is 14.9. The summed E-state index contributed by atoms with van der Waals surface area (Å²) < 4.78 is 5.32. The minimum atomic E-state index is -0.989. The zero-order chi connectivity index (χ0) is 18.5. The van der Waals surface area contributed by atoms with Crippen molar-refractivity contribution in [1.82, 2.24) is 9.80 Å². The van der Waals surface area contributed by atoms with E-state index in [1.807, 2.05) is 18.2 Å². The molecule has 26 heavy (non-hydrogen) atoms. The number of hydrogen-bond donors (Lipinski definition) is 1. The first-order chi connectivity index (χ1) is 12.6. The van der Waals surface area contributed by atoms with Gasteiger partial charge in [0.25, 0.3) is 5.91 Å². The van der Waals surface area contributed by atoms with E-state index >= 15 is 0 Å². The van der Waals surface area contributed by atoms with Gasteiger partial charge in [-0.2, -0.15) is 5.10 Å². The van der Waals surface area contributed by atoms with Crippen LogP contribution in [0.4, 0.5) is 5.69 Å². The number of benzene rings is 1. The van der Waals surface area contributed by atoms with Crippen molar-refractivity contribution in [3.05, 3.63) is 30.3 Å². The number of hydrogen-bond acceptors (Lipinski definition) is 6. The smallest absolute Gasteiger partial charge is 0.328 e. The topological polar surface area (TPSA) is 85.7 Å². The van der Waals surface area contributed by atoms with Crippen molar-refractivity contribution in [3.63, 3.8) is 0 Å². The molecule has 3 rings (SSSR count). The third kappa shape index (κ3) is 4.20. The number of carboxylic acids is 1. The Labute approximate surface area is 152 Å². The van der Waals surface area contributed by atoms with Crippen LogP contribution in [0.5, 0.6) is 0 Å². The molecule has 1 saturated heterocycles. The highest BCUT2D eigenvalue weighted by Gasteiger charge is 2.37. The molecular weight excluding hydrogens is 336 g/mol. The Kier molecular flexibility index (Phi) is 5.85.